The number of aromatic hydroxyl groups is 1. The van der Waals surface area contributed by atoms with Crippen LogP contribution < -0.4 is 16.6 Å². The lowest BCUT2D eigenvalue weighted by atomic mass is 9.81. The van der Waals surface area contributed by atoms with Gasteiger partial charge in [-0.2, -0.15) is 13.2 Å². The number of aromatic nitrogens is 2. The molecule has 7 nitrogen and oxygen atoms in total. The zero-order valence-corrected chi connectivity index (χ0v) is 14.6. The molecule has 0 aliphatic heterocycles. The quantitative estimate of drug-likeness (QED) is 0.636. The summed E-state index contributed by atoms with van der Waals surface area (Å²) in [4.78, 5) is 38.8. The molecule has 0 bridgehead atoms. The molecule has 2 aromatic rings. The van der Waals surface area contributed by atoms with Crippen LogP contribution in [0.25, 0.3) is 0 Å². The van der Waals surface area contributed by atoms with E-state index < -0.39 is 40.3 Å². The number of benzene rings is 1. The third kappa shape index (κ3) is 4.26. The predicted octanol–water partition coefficient (Wildman–Crippen LogP) is 2.24. The number of aromatic amines is 2. The van der Waals surface area contributed by atoms with Crippen molar-refractivity contribution in [1.82, 2.24) is 15.3 Å². The highest BCUT2D eigenvalue weighted by Crippen LogP contribution is 2.36. The molecule has 150 valence electrons. The monoisotopic (exact) mass is 397 g/mol. The average molecular weight is 397 g/mol. The van der Waals surface area contributed by atoms with E-state index in [1.807, 2.05) is 0 Å². The van der Waals surface area contributed by atoms with Crippen molar-refractivity contribution in [3.8, 4) is 5.75 Å². The van der Waals surface area contributed by atoms with E-state index in [9.17, 15) is 32.7 Å². The molecule has 4 N–H and O–H groups in total. The van der Waals surface area contributed by atoms with Gasteiger partial charge in [-0.3, -0.25) is 19.6 Å². The third-order valence-corrected chi connectivity index (χ3v) is 4.89. The Hall–Kier alpha value is -3.04. The number of rotatable bonds is 3. The molecule has 1 fully saturated rings. The van der Waals surface area contributed by atoms with Gasteiger partial charge in [-0.05, 0) is 43.2 Å². The lowest BCUT2D eigenvalue weighted by Gasteiger charge is -2.29. The van der Waals surface area contributed by atoms with Crippen LogP contribution in [0, 0.1) is 0 Å². The summed E-state index contributed by atoms with van der Waals surface area (Å²) in [6.45, 7) is 0. The van der Waals surface area contributed by atoms with Gasteiger partial charge in [0, 0.05) is 6.04 Å². The number of halogens is 3. The van der Waals surface area contributed by atoms with Gasteiger partial charge in [0.05, 0.1) is 5.56 Å². The minimum absolute atomic E-state index is 0.0526. The number of amides is 1. The van der Waals surface area contributed by atoms with Crippen LogP contribution in [-0.2, 0) is 6.18 Å². The Morgan fingerprint density at radius 3 is 2.43 bits per heavy atom. The number of hydrogen-bond donors (Lipinski definition) is 4. The van der Waals surface area contributed by atoms with Crippen LogP contribution in [0.1, 0.15) is 53.2 Å². The van der Waals surface area contributed by atoms with E-state index in [-0.39, 0.29) is 12.0 Å². The molecule has 0 unspecified atom stereocenters. The molecule has 0 saturated heterocycles. The maximum absolute atomic E-state index is 12.9. The van der Waals surface area contributed by atoms with Crippen LogP contribution in [0.5, 0.6) is 5.75 Å². The number of alkyl halides is 3. The number of nitrogens with one attached hydrogen (secondary N) is 3. The molecule has 1 amide bonds. The van der Waals surface area contributed by atoms with Gasteiger partial charge in [-0.1, -0.05) is 18.2 Å². The summed E-state index contributed by atoms with van der Waals surface area (Å²) in [5, 5.41) is 12.3. The standard InChI is InChI=1S/C18H18F3N3O4/c19-18(20,21)11-3-1-2-10(8-11)9-4-6-12(7-5-9)22-15(26)13-14(25)16(27)24-17(28)23-13/h1-3,8-9,12,25H,4-7H2,(H,22,26)(H2,23,24,27,28). The fraction of sp³-hybridized carbons (Fsp3) is 0.389. The normalized spacial score (nSPS) is 20.0. The van der Waals surface area contributed by atoms with Crippen LogP contribution in [0.2, 0.25) is 0 Å². The average Bonchev–Trinajstić information content (AvgIpc) is 2.64. The molecule has 1 aromatic carbocycles. The smallest absolute Gasteiger partial charge is 0.416 e. The molecular formula is C18H18F3N3O4. The summed E-state index contributed by atoms with van der Waals surface area (Å²) >= 11 is 0. The van der Waals surface area contributed by atoms with Crippen molar-refractivity contribution in [3.63, 3.8) is 0 Å². The van der Waals surface area contributed by atoms with Crippen LogP contribution in [0.4, 0.5) is 13.2 Å². The van der Waals surface area contributed by atoms with E-state index in [1.165, 1.54) is 6.07 Å². The molecule has 0 radical (unpaired) electrons. The van der Waals surface area contributed by atoms with Crippen LogP contribution >= 0.6 is 0 Å². The van der Waals surface area contributed by atoms with Crippen LogP contribution in [-0.4, -0.2) is 27.0 Å². The number of carbonyl (C=O) groups excluding carboxylic acids is 1. The first-order valence-electron chi connectivity index (χ1n) is 8.68. The van der Waals surface area contributed by atoms with Gasteiger partial charge in [-0.25, -0.2) is 4.79 Å². The maximum Gasteiger partial charge on any atom is 0.416 e. The Labute approximate surface area is 156 Å². The summed E-state index contributed by atoms with van der Waals surface area (Å²) in [5.74, 6) is -1.72. The van der Waals surface area contributed by atoms with Crippen LogP contribution in [0.15, 0.2) is 33.9 Å². The second-order valence-corrected chi connectivity index (χ2v) is 6.78. The zero-order valence-electron chi connectivity index (χ0n) is 14.6. The Morgan fingerprint density at radius 2 is 1.79 bits per heavy atom. The highest BCUT2D eigenvalue weighted by molar-refractivity contribution is 5.94. The first-order valence-corrected chi connectivity index (χ1v) is 8.68. The maximum atomic E-state index is 12.9. The molecule has 10 heteroatoms. The molecule has 0 atom stereocenters. The van der Waals surface area contributed by atoms with Crippen molar-refractivity contribution < 1.29 is 23.1 Å². The van der Waals surface area contributed by atoms with Crippen LogP contribution in [0.3, 0.4) is 0 Å². The van der Waals surface area contributed by atoms with Crippen molar-refractivity contribution in [1.29, 1.82) is 0 Å². The molecule has 1 aromatic heterocycles. The largest absolute Gasteiger partial charge is 0.501 e. The van der Waals surface area contributed by atoms with Gasteiger partial charge in [0.25, 0.3) is 11.5 Å². The van der Waals surface area contributed by atoms with E-state index in [1.54, 1.807) is 11.1 Å². The molecule has 1 saturated carbocycles. The molecule has 0 spiro atoms. The summed E-state index contributed by atoms with van der Waals surface area (Å²) in [7, 11) is 0. The summed E-state index contributed by atoms with van der Waals surface area (Å²) in [6, 6.07) is 4.96. The molecule has 3 rings (SSSR count). The van der Waals surface area contributed by atoms with Crippen molar-refractivity contribution >= 4 is 5.91 Å². The van der Waals surface area contributed by atoms with E-state index in [4.69, 9.17) is 0 Å². The Balaban J connectivity index is 1.64. The third-order valence-electron chi connectivity index (χ3n) is 4.89. The number of H-pyrrole nitrogens is 2. The summed E-state index contributed by atoms with van der Waals surface area (Å²) in [5.41, 5.74) is -2.58. The van der Waals surface area contributed by atoms with Gasteiger partial charge in [-0.15, -0.1) is 0 Å². The second-order valence-electron chi connectivity index (χ2n) is 6.78. The molecule has 1 aliphatic carbocycles. The van der Waals surface area contributed by atoms with Gasteiger partial charge in [0.15, 0.2) is 5.69 Å². The summed E-state index contributed by atoms with van der Waals surface area (Å²) < 4.78 is 38.6. The molecule has 1 heterocycles. The Morgan fingerprint density at radius 1 is 1.11 bits per heavy atom. The molecule has 1 aliphatic rings. The Bertz CT molecular complexity index is 989. The van der Waals surface area contributed by atoms with E-state index in [2.05, 4.69) is 10.3 Å². The summed E-state index contributed by atoms with van der Waals surface area (Å²) in [6.07, 6.45) is -2.22. The predicted molar refractivity (Wildman–Crippen MR) is 93.3 cm³/mol. The topological polar surface area (TPSA) is 115 Å². The lowest BCUT2D eigenvalue weighted by molar-refractivity contribution is -0.137. The first-order chi connectivity index (χ1) is 13.1. The van der Waals surface area contributed by atoms with Crippen molar-refractivity contribution in [2.24, 2.45) is 0 Å². The van der Waals surface area contributed by atoms with E-state index >= 15 is 0 Å². The highest BCUT2D eigenvalue weighted by Gasteiger charge is 2.32. The first kappa shape index (κ1) is 19.7. The van der Waals surface area contributed by atoms with E-state index in [0.29, 0.717) is 31.2 Å². The van der Waals surface area contributed by atoms with Crippen molar-refractivity contribution in [2.45, 2.75) is 43.8 Å². The van der Waals surface area contributed by atoms with Gasteiger partial charge < -0.3 is 10.4 Å². The highest BCUT2D eigenvalue weighted by atomic mass is 19.4. The minimum atomic E-state index is -4.40. The van der Waals surface area contributed by atoms with Gasteiger partial charge in [0.1, 0.15) is 0 Å². The van der Waals surface area contributed by atoms with E-state index in [0.717, 1.165) is 12.1 Å². The zero-order chi connectivity index (χ0) is 20.5. The van der Waals surface area contributed by atoms with Crippen molar-refractivity contribution in [2.75, 3.05) is 0 Å². The molecular weight excluding hydrogens is 379 g/mol. The molecule has 28 heavy (non-hydrogen) atoms. The fourth-order valence-corrected chi connectivity index (χ4v) is 3.44. The minimum Gasteiger partial charge on any atom is -0.501 e. The van der Waals surface area contributed by atoms with Crippen molar-refractivity contribution in [3.05, 3.63) is 61.9 Å². The van der Waals surface area contributed by atoms with Gasteiger partial charge >= 0.3 is 11.9 Å². The fourth-order valence-electron chi connectivity index (χ4n) is 3.44. The Kier molecular flexibility index (Phi) is 5.30. The second kappa shape index (κ2) is 7.53. The SMILES string of the molecule is O=C(NC1CCC(c2cccc(C(F)(F)F)c2)CC1)c1[nH]c(=O)[nH]c(=O)c1O. The number of hydrogen-bond acceptors (Lipinski definition) is 4. The lowest BCUT2D eigenvalue weighted by Crippen LogP contribution is -2.39. The number of carbonyl (C=O) groups is 1. The van der Waals surface area contributed by atoms with Gasteiger partial charge in [0.2, 0.25) is 5.75 Å².